The highest BCUT2D eigenvalue weighted by atomic mass is 19.1. The van der Waals surface area contributed by atoms with Crippen molar-refractivity contribution in [2.75, 3.05) is 0 Å². The molecule has 1 heterocycles. The molecule has 0 fully saturated rings. The molecule has 0 bridgehead atoms. The van der Waals surface area contributed by atoms with Gasteiger partial charge in [-0.3, -0.25) is 0 Å². The van der Waals surface area contributed by atoms with Gasteiger partial charge in [-0.1, -0.05) is 6.07 Å². The summed E-state index contributed by atoms with van der Waals surface area (Å²) in [6.45, 7) is 1.70. The molecule has 0 aliphatic rings. The van der Waals surface area contributed by atoms with Gasteiger partial charge in [0.15, 0.2) is 0 Å². The smallest absolute Gasteiger partial charge is 0.130 e. The zero-order valence-corrected chi connectivity index (χ0v) is 13.4. The first-order chi connectivity index (χ1) is 12.1. The third-order valence-corrected chi connectivity index (χ3v) is 3.99. The lowest BCUT2D eigenvalue weighted by Gasteiger charge is -2.08. The van der Waals surface area contributed by atoms with Gasteiger partial charge < -0.3 is 4.74 Å². The summed E-state index contributed by atoms with van der Waals surface area (Å²) in [7, 11) is 0. The van der Waals surface area contributed by atoms with Crippen LogP contribution in [0.5, 0.6) is 11.5 Å². The lowest BCUT2D eigenvalue weighted by Crippen LogP contribution is -1.95. The second kappa shape index (κ2) is 6.02. The average Bonchev–Trinajstić information content (AvgIpc) is 3.02. The number of hydrogen-bond acceptors (Lipinski definition) is 2. The molecule has 5 heteroatoms. The van der Waals surface area contributed by atoms with Crippen molar-refractivity contribution < 1.29 is 13.5 Å². The number of benzene rings is 3. The maximum Gasteiger partial charge on any atom is 0.130 e. The van der Waals surface area contributed by atoms with Gasteiger partial charge in [-0.2, -0.15) is 5.10 Å². The van der Waals surface area contributed by atoms with E-state index in [0.717, 1.165) is 16.6 Å². The fourth-order valence-corrected chi connectivity index (χ4v) is 2.64. The molecule has 0 N–H and O–H groups in total. The summed E-state index contributed by atoms with van der Waals surface area (Å²) >= 11 is 0. The lowest BCUT2D eigenvalue weighted by molar-refractivity contribution is 0.476. The maximum atomic E-state index is 13.6. The van der Waals surface area contributed by atoms with Gasteiger partial charge in [0.25, 0.3) is 0 Å². The van der Waals surface area contributed by atoms with E-state index in [9.17, 15) is 8.78 Å². The number of halogens is 2. The van der Waals surface area contributed by atoms with Gasteiger partial charge in [0.05, 0.1) is 17.4 Å². The number of fused-ring (bicyclic) bond motifs is 1. The van der Waals surface area contributed by atoms with Crippen LogP contribution in [0.2, 0.25) is 0 Å². The molecular formula is C20H14F2N2O. The molecular weight excluding hydrogens is 322 g/mol. The van der Waals surface area contributed by atoms with Crippen molar-refractivity contribution in [2.24, 2.45) is 0 Å². The van der Waals surface area contributed by atoms with Crippen LogP contribution in [0.25, 0.3) is 16.6 Å². The molecule has 0 spiro atoms. The van der Waals surface area contributed by atoms with Gasteiger partial charge in [-0.15, -0.1) is 0 Å². The predicted octanol–water partition coefficient (Wildman–Crippen LogP) is 5.40. The molecule has 0 amide bonds. The SMILES string of the molecule is Cc1ccc(Oc2ccc3c(cnn3-c3ccc(F)cc3)c2)cc1F. The highest BCUT2D eigenvalue weighted by Gasteiger charge is 2.08. The Morgan fingerprint density at radius 1 is 0.880 bits per heavy atom. The monoisotopic (exact) mass is 336 g/mol. The first-order valence-corrected chi connectivity index (χ1v) is 7.78. The molecule has 4 rings (SSSR count). The number of hydrogen-bond donors (Lipinski definition) is 0. The van der Waals surface area contributed by atoms with E-state index in [4.69, 9.17) is 4.74 Å². The first-order valence-electron chi connectivity index (χ1n) is 7.78. The van der Waals surface area contributed by atoms with E-state index in [1.54, 1.807) is 48.1 Å². The van der Waals surface area contributed by atoms with Crippen molar-refractivity contribution in [3.63, 3.8) is 0 Å². The third kappa shape index (κ3) is 2.96. The highest BCUT2D eigenvalue weighted by molar-refractivity contribution is 5.81. The number of aryl methyl sites for hydroxylation is 1. The molecule has 3 aromatic carbocycles. The molecule has 124 valence electrons. The molecule has 0 radical (unpaired) electrons. The number of ether oxygens (including phenoxy) is 1. The molecule has 0 saturated heterocycles. The van der Waals surface area contributed by atoms with Crippen LogP contribution in [0.3, 0.4) is 0 Å². The Hall–Kier alpha value is -3.21. The van der Waals surface area contributed by atoms with Crippen LogP contribution >= 0.6 is 0 Å². The highest BCUT2D eigenvalue weighted by Crippen LogP contribution is 2.27. The van der Waals surface area contributed by atoms with E-state index in [1.807, 2.05) is 12.1 Å². The van der Waals surface area contributed by atoms with Crippen molar-refractivity contribution in [1.82, 2.24) is 9.78 Å². The number of aromatic nitrogens is 2. The van der Waals surface area contributed by atoms with E-state index in [2.05, 4.69) is 5.10 Å². The van der Waals surface area contributed by atoms with Gasteiger partial charge >= 0.3 is 0 Å². The Balaban J connectivity index is 1.67. The average molecular weight is 336 g/mol. The minimum atomic E-state index is -0.303. The summed E-state index contributed by atoms with van der Waals surface area (Å²) in [6, 6.07) is 16.4. The van der Waals surface area contributed by atoms with Crippen LogP contribution in [0.4, 0.5) is 8.78 Å². The maximum absolute atomic E-state index is 13.6. The van der Waals surface area contributed by atoms with Crippen LogP contribution in [0.1, 0.15) is 5.56 Å². The summed E-state index contributed by atoms with van der Waals surface area (Å²) in [4.78, 5) is 0. The normalized spacial score (nSPS) is 11.0. The fraction of sp³-hybridized carbons (Fsp3) is 0.0500. The van der Waals surface area contributed by atoms with Gasteiger partial charge in [-0.25, -0.2) is 13.5 Å². The van der Waals surface area contributed by atoms with Crippen molar-refractivity contribution >= 4 is 10.9 Å². The lowest BCUT2D eigenvalue weighted by atomic mass is 10.2. The molecule has 0 aliphatic heterocycles. The molecule has 3 nitrogen and oxygen atoms in total. The van der Waals surface area contributed by atoms with Crippen LogP contribution < -0.4 is 4.74 Å². The van der Waals surface area contributed by atoms with Crippen LogP contribution in [-0.2, 0) is 0 Å². The Labute approximate surface area is 143 Å². The van der Waals surface area contributed by atoms with Crippen molar-refractivity contribution in [1.29, 1.82) is 0 Å². The van der Waals surface area contributed by atoms with Crippen molar-refractivity contribution in [2.45, 2.75) is 6.92 Å². The van der Waals surface area contributed by atoms with Crippen molar-refractivity contribution in [3.8, 4) is 17.2 Å². The molecule has 0 atom stereocenters. The topological polar surface area (TPSA) is 27.1 Å². The van der Waals surface area contributed by atoms with Crippen LogP contribution in [0.15, 0.2) is 66.9 Å². The number of rotatable bonds is 3. The van der Waals surface area contributed by atoms with E-state index >= 15 is 0 Å². The van der Waals surface area contributed by atoms with Crippen LogP contribution in [-0.4, -0.2) is 9.78 Å². The first kappa shape index (κ1) is 15.3. The zero-order chi connectivity index (χ0) is 17.4. The van der Waals surface area contributed by atoms with E-state index in [-0.39, 0.29) is 11.6 Å². The summed E-state index contributed by atoms with van der Waals surface area (Å²) in [5, 5.41) is 5.22. The summed E-state index contributed by atoms with van der Waals surface area (Å²) in [5.41, 5.74) is 2.21. The van der Waals surface area contributed by atoms with Gasteiger partial charge in [-0.05, 0) is 61.0 Å². The fourth-order valence-electron chi connectivity index (χ4n) is 2.64. The Bertz CT molecular complexity index is 1060. The molecule has 0 saturated carbocycles. The minimum absolute atomic E-state index is 0.291. The zero-order valence-electron chi connectivity index (χ0n) is 13.4. The van der Waals surface area contributed by atoms with Crippen molar-refractivity contribution in [3.05, 3.63) is 84.1 Å². The Morgan fingerprint density at radius 3 is 2.36 bits per heavy atom. The molecule has 4 aromatic rings. The van der Waals surface area contributed by atoms with E-state index in [1.165, 1.54) is 18.2 Å². The molecule has 0 aliphatic carbocycles. The standard InChI is InChI=1S/C20H14F2N2O/c1-13-2-7-18(11-19(13)22)25-17-8-9-20-14(10-17)12-23-24(20)16-5-3-15(21)4-6-16/h2-12H,1H3. The van der Waals surface area contributed by atoms with E-state index < -0.39 is 0 Å². The summed E-state index contributed by atoms with van der Waals surface area (Å²) < 4.78 is 34.2. The predicted molar refractivity (Wildman–Crippen MR) is 92.2 cm³/mol. The van der Waals surface area contributed by atoms with Gasteiger partial charge in [0, 0.05) is 11.5 Å². The van der Waals surface area contributed by atoms with Gasteiger partial charge in [0.2, 0.25) is 0 Å². The largest absolute Gasteiger partial charge is 0.457 e. The molecule has 1 aromatic heterocycles. The second-order valence-electron chi connectivity index (χ2n) is 5.77. The third-order valence-electron chi connectivity index (χ3n) is 3.99. The summed E-state index contributed by atoms with van der Waals surface area (Å²) in [5.74, 6) is 0.437. The number of nitrogens with zero attached hydrogens (tertiary/aromatic N) is 2. The Morgan fingerprint density at radius 2 is 1.60 bits per heavy atom. The summed E-state index contributed by atoms with van der Waals surface area (Å²) in [6.07, 6.45) is 1.71. The second-order valence-corrected chi connectivity index (χ2v) is 5.77. The van der Waals surface area contributed by atoms with E-state index in [0.29, 0.717) is 17.1 Å². The van der Waals surface area contributed by atoms with Crippen LogP contribution in [0, 0.1) is 18.6 Å². The molecule has 0 unspecified atom stereocenters. The molecule has 25 heavy (non-hydrogen) atoms. The minimum Gasteiger partial charge on any atom is -0.457 e. The quantitative estimate of drug-likeness (QED) is 0.500. The Kier molecular flexibility index (Phi) is 3.69. The van der Waals surface area contributed by atoms with Gasteiger partial charge in [0.1, 0.15) is 23.1 Å².